The molecule has 2 aromatic rings. The van der Waals surface area contributed by atoms with Crippen LogP contribution in [-0.4, -0.2) is 17.4 Å². The summed E-state index contributed by atoms with van der Waals surface area (Å²) in [5, 5.41) is 12.7. The SMILES string of the molecule is CCC1Oc2ccc(OCO)cc2-c2ccc3c(c21)C(C)=CC(C)(C)N3. The van der Waals surface area contributed by atoms with Gasteiger partial charge < -0.3 is 19.9 Å². The van der Waals surface area contributed by atoms with Crippen molar-refractivity contribution in [3.05, 3.63) is 47.5 Å². The number of aliphatic hydroxyl groups excluding tert-OH is 1. The van der Waals surface area contributed by atoms with Crippen molar-refractivity contribution >= 4 is 11.3 Å². The molecule has 0 spiro atoms. The molecule has 0 fully saturated rings. The molecule has 1 atom stereocenters. The molecule has 0 saturated carbocycles. The van der Waals surface area contributed by atoms with Gasteiger partial charge in [0, 0.05) is 22.4 Å². The summed E-state index contributed by atoms with van der Waals surface area (Å²) in [5.74, 6) is 1.50. The van der Waals surface area contributed by atoms with Gasteiger partial charge in [0.05, 0.1) is 5.54 Å². The minimum absolute atomic E-state index is 0.0171. The van der Waals surface area contributed by atoms with Crippen molar-refractivity contribution in [2.24, 2.45) is 0 Å². The summed E-state index contributed by atoms with van der Waals surface area (Å²) in [5.41, 5.74) is 7.02. The highest BCUT2D eigenvalue weighted by Gasteiger charge is 2.32. The topological polar surface area (TPSA) is 50.7 Å². The van der Waals surface area contributed by atoms with Gasteiger partial charge in [-0.2, -0.15) is 0 Å². The minimum Gasteiger partial charge on any atom is -0.485 e. The third-order valence-corrected chi connectivity index (χ3v) is 5.11. The summed E-state index contributed by atoms with van der Waals surface area (Å²) in [4.78, 5) is 0. The molecule has 0 aliphatic carbocycles. The number of anilines is 1. The molecule has 2 heterocycles. The van der Waals surface area contributed by atoms with Gasteiger partial charge in [0.25, 0.3) is 0 Å². The van der Waals surface area contributed by atoms with Crippen LogP contribution < -0.4 is 14.8 Å². The molecule has 2 N–H and O–H groups in total. The van der Waals surface area contributed by atoms with Crippen molar-refractivity contribution in [3.8, 4) is 22.6 Å². The molecule has 4 rings (SSSR count). The second kappa shape index (κ2) is 6.06. The third-order valence-electron chi connectivity index (χ3n) is 5.11. The van der Waals surface area contributed by atoms with Crippen LogP contribution in [0, 0.1) is 0 Å². The lowest BCUT2D eigenvalue weighted by Gasteiger charge is -2.37. The summed E-state index contributed by atoms with van der Waals surface area (Å²) in [6.07, 6.45) is 3.20. The van der Waals surface area contributed by atoms with Crippen LogP contribution in [0.3, 0.4) is 0 Å². The molecule has 4 heteroatoms. The molecular weight excluding hydrogens is 326 g/mol. The number of fused-ring (bicyclic) bond motifs is 5. The Morgan fingerprint density at radius 1 is 1.19 bits per heavy atom. The summed E-state index contributed by atoms with van der Waals surface area (Å²) >= 11 is 0. The van der Waals surface area contributed by atoms with Crippen molar-refractivity contribution in [2.45, 2.75) is 45.8 Å². The average molecular weight is 351 g/mol. The van der Waals surface area contributed by atoms with Gasteiger partial charge in [-0.3, -0.25) is 0 Å². The number of benzene rings is 2. The van der Waals surface area contributed by atoms with E-state index in [0.717, 1.165) is 23.4 Å². The Bertz CT molecular complexity index is 899. The summed E-state index contributed by atoms with van der Waals surface area (Å²) in [6, 6.07) is 10.0. The fraction of sp³-hybridized carbons (Fsp3) is 0.364. The molecule has 0 amide bonds. The lowest BCUT2D eigenvalue weighted by Crippen LogP contribution is -2.32. The smallest absolute Gasteiger partial charge is 0.186 e. The highest BCUT2D eigenvalue weighted by Crippen LogP contribution is 2.50. The van der Waals surface area contributed by atoms with Crippen molar-refractivity contribution < 1.29 is 14.6 Å². The van der Waals surface area contributed by atoms with Gasteiger partial charge in [0.2, 0.25) is 0 Å². The molecule has 0 saturated heterocycles. The van der Waals surface area contributed by atoms with Gasteiger partial charge in [-0.05, 0) is 62.6 Å². The second-order valence-electron chi connectivity index (χ2n) is 7.57. The molecule has 26 heavy (non-hydrogen) atoms. The Morgan fingerprint density at radius 2 is 2.00 bits per heavy atom. The fourth-order valence-electron chi connectivity index (χ4n) is 4.20. The average Bonchev–Trinajstić information content (AvgIpc) is 2.59. The highest BCUT2D eigenvalue weighted by atomic mass is 16.6. The number of allylic oxidation sites excluding steroid dienone is 1. The van der Waals surface area contributed by atoms with Crippen molar-refractivity contribution in [2.75, 3.05) is 12.1 Å². The number of ether oxygens (including phenoxy) is 2. The zero-order valence-corrected chi connectivity index (χ0v) is 15.7. The van der Waals surface area contributed by atoms with E-state index in [1.54, 1.807) is 0 Å². The molecule has 2 aliphatic rings. The molecule has 136 valence electrons. The summed E-state index contributed by atoms with van der Waals surface area (Å²) in [7, 11) is 0. The Labute approximate surface area is 154 Å². The number of nitrogens with one attached hydrogen (secondary N) is 1. The third kappa shape index (κ3) is 2.65. The first-order chi connectivity index (χ1) is 12.4. The van der Waals surface area contributed by atoms with Gasteiger partial charge in [-0.15, -0.1) is 0 Å². The van der Waals surface area contributed by atoms with E-state index in [9.17, 15) is 0 Å². The Hall–Kier alpha value is -2.46. The maximum absolute atomic E-state index is 9.07. The van der Waals surface area contributed by atoms with Crippen LogP contribution in [0.15, 0.2) is 36.4 Å². The molecule has 4 nitrogen and oxygen atoms in total. The van der Waals surface area contributed by atoms with E-state index in [1.165, 1.54) is 22.3 Å². The van der Waals surface area contributed by atoms with Crippen molar-refractivity contribution in [3.63, 3.8) is 0 Å². The van der Waals surface area contributed by atoms with Crippen LogP contribution in [0.1, 0.15) is 51.3 Å². The first kappa shape index (κ1) is 17.0. The predicted octanol–water partition coefficient (Wildman–Crippen LogP) is 5.13. The zero-order valence-electron chi connectivity index (χ0n) is 15.7. The maximum atomic E-state index is 9.07. The summed E-state index contributed by atoms with van der Waals surface area (Å²) < 4.78 is 11.6. The van der Waals surface area contributed by atoms with Crippen LogP contribution in [0.5, 0.6) is 11.5 Å². The van der Waals surface area contributed by atoms with Crippen LogP contribution in [-0.2, 0) is 0 Å². The van der Waals surface area contributed by atoms with E-state index in [0.29, 0.717) is 5.75 Å². The van der Waals surface area contributed by atoms with Crippen LogP contribution in [0.2, 0.25) is 0 Å². The molecule has 2 aliphatic heterocycles. The first-order valence-corrected chi connectivity index (χ1v) is 9.13. The molecule has 0 bridgehead atoms. The van der Waals surface area contributed by atoms with E-state index in [1.807, 2.05) is 18.2 Å². The monoisotopic (exact) mass is 351 g/mol. The van der Waals surface area contributed by atoms with E-state index < -0.39 is 0 Å². The zero-order chi connectivity index (χ0) is 18.5. The Kier molecular flexibility index (Phi) is 3.96. The normalized spacial score (nSPS) is 19.3. The first-order valence-electron chi connectivity index (χ1n) is 9.13. The largest absolute Gasteiger partial charge is 0.485 e. The highest BCUT2D eigenvalue weighted by molar-refractivity contribution is 5.90. The maximum Gasteiger partial charge on any atom is 0.186 e. The lowest BCUT2D eigenvalue weighted by molar-refractivity contribution is 0.0984. The second-order valence-corrected chi connectivity index (χ2v) is 7.57. The van der Waals surface area contributed by atoms with Crippen molar-refractivity contribution in [1.82, 2.24) is 0 Å². The van der Waals surface area contributed by atoms with E-state index >= 15 is 0 Å². The van der Waals surface area contributed by atoms with Gasteiger partial charge in [0.1, 0.15) is 17.6 Å². The van der Waals surface area contributed by atoms with Crippen LogP contribution in [0.4, 0.5) is 5.69 Å². The molecule has 2 aromatic carbocycles. The molecule has 0 aromatic heterocycles. The Morgan fingerprint density at radius 3 is 2.73 bits per heavy atom. The number of hydrogen-bond acceptors (Lipinski definition) is 4. The van der Waals surface area contributed by atoms with E-state index in [2.05, 4.69) is 51.2 Å². The minimum atomic E-state index is -0.338. The number of hydrogen-bond donors (Lipinski definition) is 2. The van der Waals surface area contributed by atoms with Gasteiger partial charge in [0.15, 0.2) is 6.79 Å². The van der Waals surface area contributed by atoms with Gasteiger partial charge >= 0.3 is 0 Å². The molecule has 0 radical (unpaired) electrons. The van der Waals surface area contributed by atoms with Crippen LogP contribution >= 0.6 is 0 Å². The predicted molar refractivity (Wildman–Crippen MR) is 105 cm³/mol. The number of aliphatic hydroxyl groups is 1. The molecular formula is C22H25NO3. The molecule has 1 unspecified atom stereocenters. The van der Waals surface area contributed by atoms with Gasteiger partial charge in [-0.25, -0.2) is 0 Å². The number of rotatable bonds is 3. The summed E-state index contributed by atoms with van der Waals surface area (Å²) in [6.45, 7) is 8.35. The van der Waals surface area contributed by atoms with E-state index in [4.69, 9.17) is 14.6 Å². The standard InChI is InChI=1S/C22H25NO3/c1-5-18-21-15(16-10-14(25-12-24)6-9-19(16)26-18)7-8-17-20(21)13(2)11-22(3,4)23-17/h6-11,18,23-24H,5,12H2,1-4H3. The fourth-order valence-corrected chi connectivity index (χ4v) is 4.20. The van der Waals surface area contributed by atoms with Crippen LogP contribution in [0.25, 0.3) is 16.7 Å². The van der Waals surface area contributed by atoms with Gasteiger partial charge in [-0.1, -0.05) is 19.1 Å². The van der Waals surface area contributed by atoms with E-state index in [-0.39, 0.29) is 18.4 Å². The lowest BCUT2D eigenvalue weighted by atomic mass is 9.81. The quantitative estimate of drug-likeness (QED) is 0.753. The van der Waals surface area contributed by atoms with Crippen molar-refractivity contribution in [1.29, 1.82) is 0 Å². The Balaban J connectivity index is 1.95.